The predicted molar refractivity (Wildman–Crippen MR) is 135 cm³/mol. The molecule has 0 aliphatic heterocycles. The van der Waals surface area contributed by atoms with E-state index in [4.69, 9.17) is 14.5 Å². The number of aryl methyl sites for hydroxylation is 2. The van der Waals surface area contributed by atoms with Crippen molar-refractivity contribution in [2.45, 2.75) is 53.1 Å². The standard InChI is InChI=1S/C22H36N6O2.HI/c1-6-7-8-12-30-20-14-17(2)9-10-19(20)15-24-22(23-11-13-29-5)25-16-21-27-26-18(3)28(21)4;/h9-10,14H,6-8,11-13,15-16H2,1-5H3,(H2,23,24,25);1H. The summed E-state index contributed by atoms with van der Waals surface area (Å²) in [5, 5.41) is 14.9. The van der Waals surface area contributed by atoms with Crippen molar-refractivity contribution in [2.75, 3.05) is 26.9 Å². The van der Waals surface area contributed by atoms with Crippen LogP contribution in [0.25, 0.3) is 0 Å². The summed E-state index contributed by atoms with van der Waals surface area (Å²) in [6, 6.07) is 6.27. The molecule has 0 saturated heterocycles. The molecule has 0 amide bonds. The van der Waals surface area contributed by atoms with Crippen molar-refractivity contribution in [2.24, 2.45) is 12.0 Å². The van der Waals surface area contributed by atoms with Crippen LogP contribution >= 0.6 is 24.0 Å². The molecule has 9 heteroatoms. The molecule has 8 nitrogen and oxygen atoms in total. The molecule has 0 spiro atoms. The van der Waals surface area contributed by atoms with Gasteiger partial charge in [0.2, 0.25) is 0 Å². The van der Waals surface area contributed by atoms with Gasteiger partial charge in [-0.3, -0.25) is 0 Å². The van der Waals surface area contributed by atoms with Crippen LogP contribution in [0, 0.1) is 13.8 Å². The Hall–Kier alpha value is -1.88. The first kappa shape index (κ1) is 27.2. The molecule has 2 rings (SSSR count). The summed E-state index contributed by atoms with van der Waals surface area (Å²) in [6.45, 7) is 9.25. The summed E-state index contributed by atoms with van der Waals surface area (Å²) in [6.07, 6.45) is 3.43. The van der Waals surface area contributed by atoms with Gasteiger partial charge in [0, 0.05) is 26.3 Å². The first-order valence-electron chi connectivity index (χ1n) is 10.6. The number of ether oxygens (including phenoxy) is 2. The second-order valence-electron chi connectivity index (χ2n) is 7.33. The molecule has 1 aromatic heterocycles. The van der Waals surface area contributed by atoms with Crippen molar-refractivity contribution >= 4 is 29.9 Å². The SMILES string of the molecule is CCCCCOc1cc(C)ccc1CN=C(NCCOC)NCc1nnc(C)n1C.I. The third kappa shape index (κ3) is 9.42. The normalized spacial score (nSPS) is 11.2. The fraction of sp³-hybridized carbons (Fsp3) is 0.591. The third-order valence-corrected chi connectivity index (χ3v) is 4.83. The van der Waals surface area contributed by atoms with Crippen molar-refractivity contribution in [1.29, 1.82) is 0 Å². The summed E-state index contributed by atoms with van der Waals surface area (Å²) in [5.41, 5.74) is 2.25. The molecule has 0 radical (unpaired) electrons. The van der Waals surface area contributed by atoms with E-state index in [9.17, 15) is 0 Å². The van der Waals surface area contributed by atoms with Gasteiger partial charge in [0.1, 0.15) is 11.6 Å². The van der Waals surface area contributed by atoms with E-state index < -0.39 is 0 Å². The van der Waals surface area contributed by atoms with Gasteiger partial charge in [-0.05, 0) is 31.9 Å². The maximum atomic E-state index is 6.05. The predicted octanol–water partition coefficient (Wildman–Crippen LogP) is 3.50. The lowest BCUT2D eigenvalue weighted by atomic mass is 10.1. The maximum absolute atomic E-state index is 6.05. The van der Waals surface area contributed by atoms with Gasteiger partial charge in [-0.25, -0.2) is 4.99 Å². The number of halogens is 1. The molecule has 31 heavy (non-hydrogen) atoms. The van der Waals surface area contributed by atoms with Crippen LogP contribution in [-0.2, 0) is 24.9 Å². The average Bonchev–Trinajstić information content (AvgIpc) is 3.06. The van der Waals surface area contributed by atoms with Gasteiger partial charge in [0.15, 0.2) is 11.8 Å². The largest absolute Gasteiger partial charge is 0.493 e. The molecule has 2 aromatic rings. The van der Waals surface area contributed by atoms with Crippen LogP contribution in [0.15, 0.2) is 23.2 Å². The van der Waals surface area contributed by atoms with Gasteiger partial charge in [-0.1, -0.05) is 31.9 Å². The number of guanidine groups is 1. The smallest absolute Gasteiger partial charge is 0.192 e. The molecule has 174 valence electrons. The Labute approximate surface area is 203 Å². The minimum atomic E-state index is 0. The minimum absolute atomic E-state index is 0. The second kappa shape index (κ2) is 15.0. The van der Waals surface area contributed by atoms with Crippen LogP contribution in [0.4, 0.5) is 0 Å². The van der Waals surface area contributed by atoms with E-state index in [0.717, 1.165) is 36.0 Å². The minimum Gasteiger partial charge on any atom is -0.493 e. The molecule has 2 N–H and O–H groups in total. The van der Waals surface area contributed by atoms with E-state index in [-0.39, 0.29) is 24.0 Å². The van der Waals surface area contributed by atoms with E-state index in [1.165, 1.54) is 18.4 Å². The highest BCUT2D eigenvalue weighted by atomic mass is 127. The number of methoxy groups -OCH3 is 1. The Morgan fingerprint density at radius 3 is 2.61 bits per heavy atom. The van der Waals surface area contributed by atoms with Gasteiger partial charge >= 0.3 is 0 Å². The van der Waals surface area contributed by atoms with Crippen molar-refractivity contribution in [3.05, 3.63) is 41.0 Å². The molecular formula is C22H37IN6O2. The number of aromatic nitrogens is 3. The van der Waals surface area contributed by atoms with Gasteiger partial charge < -0.3 is 24.7 Å². The zero-order valence-corrected chi connectivity index (χ0v) is 21.7. The summed E-state index contributed by atoms with van der Waals surface area (Å²) in [7, 11) is 3.64. The summed E-state index contributed by atoms with van der Waals surface area (Å²) < 4.78 is 13.2. The fourth-order valence-corrected chi connectivity index (χ4v) is 2.84. The van der Waals surface area contributed by atoms with Crippen LogP contribution in [0.1, 0.15) is 49.0 Å². The van der Waals surface area contributed by atoms with E-state index in [0.29, 0.717) is 32.2 Å². The quantitative estimate of drug-likeness (QED) is 0.184. The lowest BCUT2D eigenvalue weighted by molar-refractivity contribution is 0.203. The lowest BCUT2D eigenvalue weighted by Gasteiger charge is -2.14. The zero-order chi connectivity index (χ0) is 21.8. The van der Waals surface area contributed by atoms with Crippen LogP contribution in [-0.4, -0.2) is 47.6 Å². The van der Waals surface area contributed by atoms with Gasteiger partial charge in [0.25, 0.3) is 0 Å². The van der Waals surface area contributed by atoms with E-state index in [1.807, 2.05) is 18.5 Å². The number of unbranched alkanes of at least 4 members (excludes halogenated alkanes) is 2. The van der Waals surface area contributed by atoms with E-state index in [1.54, 1.807) is 7.11 Å². The Balaban J connectivity index is 0.00000480. The van der Waals surface area contributed by atoms with Crippen molar-refractivity contribution in [3.8, 4) is 5.75 Å². The molecule has 0 fully saturated rings. The number of nitrogens with zero attached hydrogens (tertiary/aromatic N) is 4. The van der Waals surface area contributed by atoms with Gasteiger partial charge in [0.05, 0.1) is 26.3 Å². The first-order valence-corrected chi connectivity index (χ1v) is 10.6. The Kier molecular flexibility index (Phi) is 13.1. The van der Waals surface area contributed by atoms with Crippen LogP contribution in [0.3, 0.4) is 0 Å². The number of aliphatic imine (C=N–C) groups is 1. The van der Waals surface area contributed by atoms with Crippen LogP contribution in [0.2, 0.25) is 0 Å². The summed E-state index contributed by atoms with van der Waals surface area (Å²) in [5.74, 6) is 3.34. The van der Waals surface area contributed by atoms with Crippen molar-refractivity contribution in [3.63, 3.8) is 0 Å². The first-order chi connectivity index (χ1) is 14.5. The molecule has 1 aromatic carbocycles. The number of nitrogens with one attached hydrogen (secondary N) is 2. The molecule has 0 atom stereocenters. The van der Waals surface area contributed by atoms with Gasteiger partial charge in [-0.2, -0.15) is 0 Å². The fourth-order valence-electron chi connectivity index (χ4n) is 2.84. The van der Waals surface area contributed by atoms with E-state index >= 15 is 0 Å². The molecule has 0 unspecified atom stereocenters. The maximum Gasteiger partial charge on any atom is 0.192 e. The van der Waals surface area contributed by atoms with Gasteiger partial charge in [-0.15, -0.1) is 34.2 Å². The number of hydrogen-bond donors (Lipinski definition) is 2. The topological polar surface area (TPSA) is 85.6 Å². The lowest BCUT2D eigenvalue weighted by Crippen LogP contribution is -2.39. The summed E-state index contributed by atoms with van der Waals surface area (Å²) >= 11 is 0. The molecular weight excluding hydrogens is 507 g/mol. The molecule has 0 saturated carbocycles. The van der Waals surface area contributed by atoms with Crippen LogP contribution in [0.5, 0.6) is 5.75 Å². The molecule has 0 aliphatic carbocycles. The molecule has 0 bridgehead atoms. The van der Waals surface area contributed by atoms with Crippen LogP contribution < -0.4 is 15.4 Å². The van der Waals surface area contributed by atoms with Crippen molar-refractivity contribution < 1.29 is 9.47 Å². The number of rotatable bonds is 12. The number of benzene rings is 1. The summed E-state index contributed by atoms with van der Waals surface area (Å²) in [4.78, 5) is 4.75. The second-order valence-corrected chi connectivity index (χ2v) is 7.33. The highest BCUT2D eigenvalue weighted by molar-refractivity contribution is 14.0. The highest BCUT2D eigenvalue weighted by Crippen LogP contribution is 2.21. The molecule has 0 aliphatic rings. The average molecular weight is 544 g/mol. The third-order valence-electron chi connectivity index (χ3n) is 4.83. The van der Waals surface area contributed by atoms with E-state index in [2.05, 4.69) is 52.9 Å². The molecule has 1 heterocycles. The monoisotopic (exact) mass is 544 g/mol. The number of hydrogen-bond acceptors (Lipinski definition) is 5. The Bertz CT molecular complexity index is 809. The Morgan fingerprint density at radius 1 is 1.13 bits per heavy atom. The zero-order valence-electron chi connectivity index (χ0n) is 19.4. The van der Waals surface area contributed by atoms with Crippen molar-refractivity contribution in [1.82, 2.24) is 25.4 Å². The Morgan fingerprint density at radius 2 is 1.94 bits per heavy atom. The highest BCUT2D eigenvalue weighted by Gasteiger charge is 2.08.